The third kappa shape index (κ3) is 19.2. The van der Waals surface area contributed by atoms with Crippen molar-refractivity contribution in [2.45, 2.75) is 155 Å². The number of carbonyl (C=O) groups excluding carboxylic acids is 1. The molecule has 3 heterocycles. The maximum Gasteiger partial charge on any atom is 0.343 e. The first-order valence-corrected chi connectivity index (χ1v) is 34.6. The molecule has 15 heteroatoms. The van der Waals surface area contributed by atoms with Crippen LogP contribution in [0.25, 0.3) is 0 Å². The number of benzene rings is 6. The Morgan fingerprint density at radius 2 is 1.14 bits per heavy atom. The summed E-state index contributed by atoms with van der Waals surface area (Å²) in [5, 5.41) is 39.4. The molecule has 93 heavy (non-hydrogen) atoms. The molecule has 1 amide bonds. The van der Waals surface area contributed by atoms with Crippen LogP contribution in [0.2, 0.25) is 30.1 Å². The average Bonchev–Trinajstić information content (AvgIpc) is 1.67. The molecule has 0 saturated carbocycles. The highest BCUT2D eigenvalue weighted by atomic mass is 35.5. The smallest absolute Gasteiger partial charge is 0.343 e. The van der Waals surface area contributed by atoms with Gasteiger partial charge in [-0.05, 0) is 158 Å². The summed E-state index contributed by atoms with van der Waals surface area (Å²) in [7, 11) is 0. The van der Waals surface area contributed by atoms with Crippen LogP contribution >= 0.6 is 69.6 Å². The van der Waals surface area contributed by atoms with Crippen molar-refractivity contribution >= 4 is 87.3 Å². The van der Waals surface area contributed by atoms with Gasteiger partial charge in [0.2, 0.25) is 5.91 Å². The van der Waals surface area contributed by atoms with Crippen molar-refractivity contribution in [2.24, 2.45) is 39.0 Å². The highest BCUT2D eigenvalue weighted by Crippen LogP contribution is 2.52. The Bertz CT molecular complexity index is 3520. The van der Waals surface area contributed by atoms with Crippen LogP contribution in [0.15, 0.2) is 189 Å². The SMILES string of the molecule is C=CC[C@@](C)(C[C@H](c1cccc(Cl)c1)[C@@H](O)c1ccc(Cl)cc1)C(=O)N[C@H](CO)C(C)C.C=CC[C@@](C)(C[C@H](c1cccc(Cl)c1)[C@@H](O)c1ccc(Cl)cc1)C1=N[C@@H](C(C)C)CO1.C=CC[C@@]1(C)C[C@H](c2cccc(Cl)c2)[C@@H](c2ccc(Cl)cc2)[N+]2=C1OC[C@@H]2C(C)C. The Kier molecular flexibility index (Phi) is 27.4. The topological polar surface area (TPSA) is 124 Å². The number of aliphatic hydroxyl groups excluding tert-OH is 3. The monoisotopic (exact) mass is 1380 g/mol. The van der Waals surface area contributed by atoms with Crippen molar-refractivity contribution in [2.75, 3.05) is 19.8 Å². The van der Waals surface area contributed by atoms with Gasteiger partial charge >= 0.3 is 5.90 Å². The average molecular weight is 1380 g/mol. The minimum absolute atomic E-state index is 0.0836. The van der Waals surface area contributed by atoms with E-state index < -0.39 is 29.0 Å². The van der Waals surface area contributed by atoms with Gasteiger partial charge in [0.25, 0.3) is 0 Å². The molecule has 6 aromatic carbocycles. The number of allylic oxidation sites excluding steroid dienone is 3. The van der Waals surface area contributed by atoms with Crippen LogP contribution < -0.4 is 5.32 Å². The summed E-state index contributed by atoms with van der Waals surface area (Å²) in [6.45, 7) is 32.1. The zero-order valence-corrected chi connectivity index (χ0v) is 59.8. The van der Waals surface area contributed by atoms with Gasteiger partial charge in [-0.1, -0.05) is 216 Å². The third-order valence-electron chi connectivity index (χ3n) is 18.8. The van der Waals surface area contributed by atoms with E-state index >= 15 is 0 Å². The van der Waals surface area contributed by atoms with E-state index in [2.05, 4.69) is 102 Å². The predicted molar refractivity (Wildman–Crippen MR) is 388 cm³/mol. The number of halogens is 6. The molecular weight excluding hydrogens is 1290 g/mol. The van der Waals surface area contributed by atoms with Crippen LogP contribution in [0.3, 0.4) is 0 Å². The Balaban J connectivity index is 0.000000198. The largest absolute Gasteiger partial charge is 0.478 e. The molecule has 6 aromatic rings. The molecule has 3 aliphatic heterocycles. The fourth-order valence-corrected chi connectivity index (χ4v) is 14.3. The number of amides is 1. The maximum absolute atomic E-state index is 13.4. The first-order chi connectivity index (χ1) is 44.2. The quantitative estimate of drug-likeness (QED) is 0.0334. The van der Waals surface area contributed by atoms with Crippen LogP contribution in [-0.2, 0) is 14.3 Å². The molecule has 12 atom stereocenters. The molecule has 0 aromatic heterocycles. The van der Waals surface area contributed by atoms with E-state index in [1.807, 2.05) is 106 Å². The van der Waals surface area contributed by atoms with Crippen LogP contribution in [0.4, 0.5) is 0 Å². The summed E-state index contributed by atoms with van der Waals surface area (Å²) in [5.74, 6) is 2.31. The van der Waals surface area contributed by atoms with Crippen LogP contribution in [-0.4, -0.2) is 75.5 Å². The number of hydrogen-bond acceptors (Lipinski definition) is 7. The van der Waals surface area contributed by atoms with E-state index in [1.165, 1.54) is 11.1 Å². The first-order valence-electron chi connectivity index (χ1n) is 32.3. The fraction of sp³-hybridized carbons (Fsp3) is 0.423. The van der Waals surface area contributed by atoms with Gasteiger partial charge in [0.15, 0.2) is 24.6 Å². The van der Waals surface area contributed by atoms with E-state index in [-0.39, 0.29) is 53.8 Å². The second-order valence-electron chi connectivity index (χ2n) is 27.1. The van der Waals surface area contributed by atoms with E-state index in [9.17, 15) is 20.1 Å². The van der Waals surface area contributed by atoms with Gasteiger partial charge in [-0.3, -0.25) is 4.79 Å². The maximum atomic E-state index is 13.4. The molecule has 4 N–H and O–H groups in total. The van der Waals surface area contributed by atoms with E-state index in [0.717, 1.165) is 58.0 Å². The number of aliphatic hydroxyl groups is 3. The Labute approximate surface area is 583 Å². The zero-order chi connectivity index (χ0) is 68.0. The molecular formula is C78H94Cl6N3O6+. The second-order valence-corrected chi connectivity index (χ2v) is 29.8. The highest BCUT2D eigenvalue weighted by Gasteiger charge is 2.57. The molecule has 0 unspecified atom stereocenters. The molecule has 3 aliphatic rings. The number of nitrogens with one attached hydrogen (secondary N) is 1. The van der Waals surface area contributed by atoms with Gasteiger partial charge in [-0.15, -0.1) is 19.7 Å². The van der Waals surface area contributed by atoms with Crippen molar-refractivity contribution < 1.29 is 34.2 Å². The van der Waals surface area contributed by atoms with Crippen LogP contribution in [0.1, 0.15) is 170 Å². The first kappa shape index (κ1) is 75.0. The Hall–Kier alpha value is -5.43. The molecule has 0 spiro atoms. The van der Waals surface area contributed by atoms with Gasteiger partial charge in [0, 0.05) is 58.9 Å². The van der Waals surface area contributed by atoms with Crippen molar-refractivity contribution in [1.29, 1.82) is 0 Å². The van der Waals surface area contributed by atoms with Crippen molar-refractivity contribution in [3.05, 3.63) is 247 Å². The molecule has 498 valence electrons. The summed E-state index contributed by atoms with van der Waals surface area (Å²) in [6, 6.07) is 46.4. The number of rotatable bonds is 25. The molecule has 9 rings (SSSR count). The number of hydrogen-bond donors (Lipinski definition) is 4. The van der Waals surface area contributed by atoms with Gasteiger partial charge in [0.05, 0.1) is 47.6 Å². The highest BCUT2D eigenvalue weighted by molar-refractivity contribution is 6.32. The fourth-order valence-electron chi connectivity index (χ4n) is 13.3. The summed E-state index contributed by atoms with van der Waals surface area (Å²) >= 11 is 37.3. The van der Waals surface area contributed by atoms with Crippen molar-refractivity contribution in [3.63, 3.8) is 0 Å². The molecule has 9 nitrogen and oxygen atoms in total. The standard InChI is InChI=1S/C26H33Cl2NO3.C26H31Cl2NO2.C26H30Cl2NO/c1-5-13-26(4,25(32)29-23(16-30)17(2)3)15-22(19-7-6-8-21(28)14-19)24(31)18-9-11-20(27)12-10-18;1-5-13-26(4,25-29-23(16-31-25)17(2)3)15-22(19-7-6-8-21(28)14-19)24(30)18-9-11-20(27)12-10-18;1-5-13-26(4)15-22(19-7-6-8-21(28)14-19)24(18-9-11-20(27)12-10-18)29-23(17(2)3)16-30-25(26)29/h5-12,14,17,22-24,30-31H,1,13,15-16H2,2-4H3,(H,29,32);5-12,14,17,22-24,30H,1,13,15-16H2,2-4H3;5-12,14,17,22-24H,1,13,15-16H2,2-4H3/q;;+1/t2*22-,23-,24+,26+;22-,23-,24-,26+/m111/s1. The van der Waals surface area contributed by atoms with Gasteiger partial charge in [0.1, 0.15) is 6.61 Å². The predicted octanol–water partition coefficient (Wildman–Crippen LogP) is 20.4. The normalized spacial score (nSPS) is 21.4. The summed E-state index contributed by atoms with van der Waals surface area (Å²) in [6.07, 6.45) is 7.99. The van der Waals surface area contributed by atoms with Crippen molar-refractivity contribution in [1.82, 2.24) is 5.32 Å². The van der Waals surface area contributed by atoms with Crippen LogP contribution in [0.5, 0.6) is 0 Å². The van der Waals surface area contributed by atoms with E-state index in [4.69, 9.17) is 84.1 Å². The molecule has 0 saturated heterocycles. The Morgan fingerprint density at radius 3 is 1.59 bits per heavy atom. The minimum atomic E-state index is -0.874. The number of carbonyl (C=O) groups is 1. The molecule has 0 fully saturated rings. The lowest BCUT2D eigenvalue weighted by Crippen LogP contribution is -2.48. The third-order valence-corrected chi connectivity index (χ3v) is 20.3. The summed E-state index contributed by atoms with van der Waals surface area (Å²) in [5.41, 5.74) is 4.51. The van der Waals surface area contributed by atoms with E-state index in [0.29, 0.717) is 75.8 Å². The van der Waals surface area contributed by atoms with Gasteiger partial charge in [-0.25, -0.2) is 4.99 Å². The summed E-state index contributed by atoms with van der Waals surface area (Å²) in [4.78, 5) is 18.3. The summed E-state index contributed by atoms with van der Waals surface area (Å²) < 4.78 is 15.1. The Morgan fingerprint density at radius 1 is 0.634 bits per heavy atom. The van der Waals surface area contributed by atoms with E-state index in [1.54, 1.807) is 48.5 Å². The van der Waals surface area contributed by atoms with Gasteiger partial charge < -0.3 is 30.1 Å². The zero-order valence-electron chi connectivity index (χ0n) is 55.2. The molecule has 0 aliphatic carbocycles. The van der Waals surface area contributed by atoms with Gasteiger partial charge in [-0.2, -0.15) is 4.58 Å². The molecule has 0 bridgehead atoms. The minimum Gasteiger partial charge on any atom is -0.478 e. The number of ether oxygens (including phenoxy) is 2. The van der Waals surface area contributed by atoms with Crippen LogP contribution in [0, 0.1) is 34.0 Å². The molecule has 0 radical (unpaired) electrons. The lowest BCUT2D eigenvalue weighted by molar-refractivity contribution is -0.616. The lowest BCUT2D eigenvalue weighted by atomic mass is 9.69. The second kappa shape index (κ2) is 34.0. The number of aliphatic imine (C=N–C) groups is 1. The number of nitrogens with zero attached hydrogens (tertiary/aromatic N) is 2. The lowest BCUT2D eigenvalue weighted by Gasteiger charge is -2.39. The van der Waals surface area contributed by atoms with Crippen molar-refractivity contribution in [3.8, 4) is 0 Å².